The maximum Gasteiger partial charge on any atom is 0.231 e. The van der Waals surface area contributed by atoms with E-state index in [0.29, 0.717) is 0 Å². The van der Waals surface area contributed by atoms with Crippen molar-refractivity contribution in [1.29, 1.82) is 0 Å². The first-order valence-corrected chi connectivity index (χ1v) is 7.95. The van der Waals surface area contributed by atoms with Gasteiger partial charge in [-0.2, -0.15) is 0 Å². The molecule has 0 bridgehead atoms. The average Bonchev–Trinajstić information content (AvgIpc) is 2.64. The highest BCUT2D eigenvalue weighted by Crippen LogP contribution is 2.22. The van der Waals surface area contributed by atoms with E-state index in [1.807, 2.05) is 31.2 Å². The molecule has 1 atom stereocenters. The number of hydrogen-bond donors (Lipinski definition) is 2. The van der Waals surface area contributed by atoms with Crippen LogP contribution in [0, 0.1) is 5.82 Å². The summed E-state index contributed by atoms with van der Waals surface area (Å²) in [6.45, 7) is 1.86. The molecule has 0 aliphatic carbocycles. The topological polar surface area (TPSA) is 54.0 Å². The fourth-order valence-corrected chi connectivity index (χ4v) is 2.39. The molecule has 25 heavy (non-hydrogen) atoms. The van der Waals surface area contributed by atoms with Crippen LogP contribution in [0.1, 0.15) is 18.4 Å². The van der Waals surface area contributed by atoms with Crippen LogP contribution in [0.25, 0.3) is 0 Å². The van der Waals surface area contributed by atoms with E-state index in [0.717, 1.165) is 22.6 Å². The Morgan fingerprint density at radius 3 is 2.04 bits per heavy atom. The Morgan fingerprint density at radius 1 is 0.880 bits per heavy atom. The monoisotopic (exact) mass is 335 g/mol. The van der Waals surface area contributed by atoms with E-state index in [1.54, 1.807) is 36.7 Å². The van der Waals surface area contributed by atoms with Gasteiger partial charge < -0.3 is 10.6 Å². The molecule has 0 aliphatic heterocycles. The van der Waals surface area contributed by atoms with Crippen LogP contribution >= 0.6 is 0 Å². The van der Waals surface area contributed by atoms with Gasteiger partial charge in [0.05, 0.1) is 5.92 Å². The maximum atomic E-state index is 12.9. The van der Waals surface area contributed by atoms with E-state index < -0.39 is 0 Å². The summed E-state index contributed by atoms with van der Waals surface area (Å²) < 4.78 is 12.9. The standard InChI is InChI=1S/C20H18FN3O/c1-14(20(25)24-19-10-12-22-13-11-19)15-2-6-17(7-3-15)23-18-8-4-16(21)5-9-18/h2-14,23H,1H3,(H,22,24,25). The lowest BCUT2D eigenvalue weighted by molar-refractivity contribution is -0.117. The minimum Gasteiger partial charge on any atom is -0.356 e. The van der Waals surface area contributed by atoms with Gasteiger partial charge in [0, 0.05) is 29.5 Å². The van der Waals surface area contributed by atoms with Gasteiger partial charge in [0.1, 0.15) is 5.82 Å². The van der Waals surface area contributed by atoms with E-state index in [2.05, 4.69) is 15.6 Å². The molecule has 2 aromatic carbocycles. The van der Waals surface area contributed by atoms with Crippen molar-refractivity contribution >= 4 is 23.0 Å². The van der Waals surface area contributed by atoms with Gasteiger partial charge >= 0.3 is 0 Å². The van der Waals surface area contributed by atoms with Crippen molar-refractivity contribution in [2.24, 2.45) is 0 Å². The molecule has 1 amide bonds. The summed E-state index contributed by atoms with van der Waals surface area (Å²) in [4.78, 5) is 16.3. The molecule has 3 rings (SSSR count). The lowest BCUT2D eigenvalue weighted by Crippen LogP contribution is -2.18. The van der Waals surface area contributed by atoms with Gasteiger partial charge in [0.2, 0.25) is 5.91 Å². The van der Waals surface area contributed by atoms with Crippen LogP contribution in [0.15, 0.2) is 73.1 Å². The van der Waals surface area contributed by atoms with Gasteiger partial charge in [-0.3, -0.25) is 9.78 Å². The zero-order chi connectivity index (χ0) is 17.6. The van der Waals surface area contributed by atoms with Crippen molar-refractivity contribution in [1.82, 2.24) is 4.98 Å². The summed E-state index contributed by atoms with van der Waals surface area (Å²) >= 11 is 0. The summed E-state index contributed by atoms with van der Waals surface area (Å²) in [7, 11) is 0. The Balaban J connectivity index is 1.64. The number of anilines is 3. The number of benzene rings is 2. The third-order valence-corrected chi connectivity index (χ3v) is 3.88. The largest absolute Gasteiger partial charge is 0.356 e. The Kier molecular flexibility index (Phi) is 5.04. The van der Waals surface area contributed by atoms with Crippen molar-refractivity contribution in [2.45, 2.75) is 12.8 Å². The van der Waals surface area contributed by atoms with E-state index in [1.165, 1.54) is 12.1 Å². The first-order chi connectivity index (χ1) is 12.1. The molecule has 0 saturated carbocycles. The van der Waals surface area contributed by atoms with Crippen LogP contribution in [0.4, 0.5) is 21.5 Å². The molecule has 0 fully saturated rings. The van der Waals surface area contributed by atoms with Gasteiger partial charge in [0.25, 0.3) is 0 Å². The summed E-state index contributed by atoms with van der Waals surface area (Å²) in [5.41, 5.74) is 3.31. The summed E-state index contributed by atoms with van der Waals surface area (Å²) in [5.74, 6) is -0.631. The predicted octanol–water partition coefficient (Wildman–Crippen LogP) is 4.71. The first kappa shape index (κ1) is 16.6. The smallest absolute Gasteiger partial charge is 0.231 e. The second kappa shape index (κ2) is 7.57. The fourth-order valence-electron chi connectivity index (χ4n) is 2.39. The Hall–Kier alpha value is -3.21. The number of nitrogens with one attached hydrogen (secondary N) is 2. The Bertz CT molecular complexity index is 833. The molecule has 0 radical (unpaired) electrons. The lowest BCUT2D eigenvalue weighted by Gasteiger charge is -2.13. The van der Waals surface area contributed by atoms with Crippen LogP contribution in [-0.2, 0) is 4.79 Å². The second-order valence-corrected chi connectivity index (χ2v) is 5.70. The van der Waals surface area contributed by atoms with E-state index >= 15 is 0 Å². The van der Waals surface area contributed by atoms with Gasteiger partial charge in [-0.15, -0.1) is 0 Å². The van der Waals surface area contributed by atoms with Crippen LogP contribution in [-0.4, -0.2) is 10.9 Å². The SMILES string of the molecule is CC(C(=O)Nc1ccncc1)c1ccc(Nc2ccc(F)cc2)cc1. The summed E-state index contributed by atoms with van der Waals surface area (Å²) in [5, 5.41) is 6.06. The fraction of sp³-hybridized carbons (Fsp3) is 0.100. The van der Waals surface area contributed by atoms with Crippen molar-refractivity contribution < 1.29 is 9.18 Å². The summed E-state index contributed by atoms with van der Waals surface area (Å²) in [6.07, 6.45) is 3.27. The minimum atomic E-state index is -0.284. The number of carbonyl (C=O) groups is 1. The average molecular weight is 335 g/mol. The normalized spacial score (nSPS) is 11.6. The van der Waals surface area contributed by atoms with Gasteiger partial charge in [-0.05, 0) is 61.0 Å². The minimum absolute atomic E-state index is 0.0783. The molecule has 5 heteroatoms. The third-order valence-electron chi connectivity index (χ3n) is 3.88. The molecular weight excluding hydrogens is 317 g/mol. The lowest BCUT2D eigenvalue weighted by atomic mass is 10.00. The Morgan fingerprint density at radius 2 is 1.44 bits per heavy atom. The molecule has 3 aromatic rings. The predicted molar refractivity (Wildman–Crippen MR) is 97.4 cm³/mol. The summed E-state index contributed by atoms with van der Waals surface area (Å²) in [6, 6.07) is 17.3. The molecule has 0 spiro atoms. The van der Waals surface area contributed by atoms with Crippen molar-refractivity contribution in [2.75, 3.05) is 10.6 Å². The molecule has 4 nitrogen and oxygen atoms in total. The Labute approximate surface area is 145 Å². The molecular formula is C20H18FN3O. The highest BCUT2D eigenvalue weighted by Gasteiger charge is 2.15. The highest BCUT2D eigenvalue weighted by atomic mass is 19.1. The molecule has 0 aliphatic rings. The molecule has 1 aromatic heterocycles. The van der Waals surface area contributed by atoms with Gasteiger partial charge in [-0.1, -0.05) is 12.1 Å². The zero-order valence-electron chi connectivity index (χ0n) is 13.7. The number of pyridine rings is 1. The molecule has 126 valence electrons. The molecule has 0 saturated heterocycles. The number of aromatic nitrogens is 1. The first-order valence-electron chi connectivity index (χ1n) is 7.95. The van der Waals surface area contributed by atoms with Crippen LogP contribution in [0.2, 0.25) is 0 Å². The maximum absolute atomic E-state index is 12.9. The van der Waals surface area contributed by atoms with Crippen molar-refractivity contribution in [3.05, 3.63) is 84.4 Å². The van der Waals surface area contributed by atoms with E-state index in [-0.39, 0.29) is 17.6 Å². The van der Waals surface area contributed by atoms with Gasteiger partial charge in [-0.25, -0.2) is 4.39 Å². The van der Waals surface area contributed by atoms with E-state index in [4.69, 9.17) is 0 Å². The van der Waals surface area contributed by atoms with Crippen LogP contribution in [0.3, 0.4) is 0 Å². The van der Waals surface area contributed by atoms with Crippen molar-refractivity contribution in [3.63, 3.8) is 0 Å². The highest BCUT2D eigenvalue weighted by molar-refractivity contribution is 5.95. The second-order valence-electron chi connectivity index (χ2n) is 5.70. The number of amides is 1. The number of nitrogens with zero attached hydrogens (tertiary/aromatic N) is 1. The molecule has 1 heterocycles. The molecule has 2 N–H and O–H groups in total. The zero-order valence-corrected chi connectivity index (χ0v) is 13.7. The van der Waals surface area contributed by atoms with Gasteiger partial charge in [0.15, 0.2) is 0 Å². The number of halogens is 1. The molecule has 1 unspecified atom stereocenters. The van der Waals surface area contributed by atoms with Crippen LogP contribution in [0.5, 0.6) is 0 Å². The van der Waals surface area contributed by atoms with Crippen molar-refractivity contribution in [3.8, 4) is 0 Å². The van der Waals surface area contributed by atoms with Crippen LogP contribution < -0.4 is 10.6 Å². The quantitative estimate of drug-likeness (QED) is 0.710. The van der Waals surface area contributed by atoms with E-state index in [9.17, 15) is 9.18 Å². The number of hydrogen-bond acceptors (Lipinski definition) is 3. The third kappa shape index (κ3) is 4.41. The number of rotatable bonds is 5. The number of carbonyl (C=O) groups excluding carboxylic acids is 1.